The van der Waals surface area contributed by atoms with Gasteiger partial charge in [-0.1, -0.05) is 0 Å². The zero-order chi connectivity index (χ0) is 7.66. The molecule has 0 aliphatic rings. The maximum atomic E-state index is 5.10. The molecule has 58 valence electrons. The third kappa shape index (κ3) is 7.87. The van der Waals surface area contributed by atoms with Crippen LogP contribution in [0.3, 0.4) is 0 Å². The van der Waals surface area contributed by atoms with Crippen LogP contribution in [0.2, 0.25) is 0 Å². The van der Waals surface area contributed by atoms with Crippen molar-refractivity contribution in [2.24, 2.45) is 0 Å². The molecule has 0 amide bonds. The maximum absolute atomic E-state index is 5.10. The van der Waals surface area contributed by atoms with E-state index < -0.39 is 0 Å². The number of hydrogen-bond donors (Lipinski definition) is 1. The van der Waals surface area contributed by atoms with E-state index in [0.717, 1.165) is 19.4 Å². The van der Waals surface area contributed by atoms with E-state index in [1.54, 1.807) is 0 Å². The second-order valence-corrected chi connectivity index (χ2v) is 3.25. The molecule has 0 heterocycles. The van der Waals surface area contributed by atoms with Gasteiger partial charge in [-0.15, -0.1) is 12.3 Å². The van der Waals surface area contributed by atoms with Crippen molar-refractivity contribution < 1.29 is 0 Å². The molecule has 0 aromatic carbocycles. The molecule has 0 aromatic rings. The summed E-state index contributed by atoms with van der Waals surface area (Å²) in [6, 6.07) is 0. The SMILES string of the molecule is C#CCCCSCCNC. The highest BCUT2D eigenvalue weighted by atomic mass is 32.2. The first-order valence-corrected chi connectivity index (χ1v) is 4.73. The molecule has 0 rings (SSSR count). The normalized spacial score (nSPS) is 9.20. The quantitative estimate of drug-likeness (QED) is 0.461. The average Bonchev–Trinajstić information content (AvgIpc) is 1.97. The number of hydrogen-bond acceptors (Lipinski definition) is 2. The van der Waals surface area contributed by atoms with Gasteiger partial charge in [-0.2, -0.15) is 11.8 Å². The molecule has 0 bridgehead atoms. The van der Waals surface area contributed by atoms with Gasteiger partial charge < -0.3 is 5.32 Å². The fraction of sp³-hybridized carbons (Fsp3) is 0.750. The highest BCUT2D eigenvalue weighted by molar-refractivity contribution is 7.99. The van der Waals surface area contributed by atoms with Crippen LogP contribution in [-0.4, -0.2) is 25.1 Å². The van der Waals surface area contributed by atoms with Gasteiger partial charge in [0.15, 0.2) is 0 Å². The zero-order valence-electron chi connectivity index (χ0n) is 6.52. The zero-order valence-corrected chi connectivity index (χ0v) is 7.34. The number of unbranched alkanes of at least 4 members (excludes halogenated alkanes) is 1. The molecule has 0 saturated heterocycles. The van der Waals surface area contributed by atoms with Crippen molar-refractivity contribution in [1.82, 2.24) is 5.32 Å². The summed E-state index contributed by atoms with van der Waals surface area (Å²) in [5.41, 5.74) is 0. The summed E-state index contributed by atoms with van der Waals surface area (Å²) >= 11 is 1.96. The standard InChI is InChI=1S/C8H15NS/c1-3-4-5-7-10-8-6-9-2/h1,9H,4-8H2,2H3. The Bertz CT molecular complexity index is 95.9. The van der Waals surface area contributed by atoms with Crippen molar-refractivity contribution in [2.75, 3.05) is 25.1 Å². The second-order valence-electron chi connectivity index (χ2n) is 2.02. The van der Waals surface area contributed by atoms with Gasteiger partial charge in [-0.05, 0) is 19.2 Å². The Hall–Kier alpha value is -0.130. The summed E-state index contributed by atoms with van der Waals surface area (Å²) in [6.07, 6.45) is 7.18. The Balaban J connectivity index is 2.72. The molecule has 0 atom stereocenters. The van der Waals surface area contributed by atoms with Gasteiger partial charge in [-0.25, -0.2) is 0 Å². The maximum Gasteiger partial charge on any atom is 0.00939 e. The van der Waals surface area contributed by atoms with E-state index in [9.17, 15) is 0 Å². The number of nitrogens with one attached hydrogen (secondary N) is 1. The molecule has 0 fully saturated rings. The van der Waals surface area contributed by atoms with E-state index in [4.69, 9.17) is 6.42 Å². The Morgan fingerprint density at radius 2 is 2.30 bits per heavy atom. The predicted molar refractivity (Wildman–Crippen MR) is 49.3 cm³/mol. The minimum Gasteiger partial charge on any atom is -0.319 e. The first kappa shape index (κ1) is 9.87. The number of terminal acetylenes is 1. The van der Waals surface area contributed by atoms with Gasteiger partial charge in [0.25, 0.3) is 0 Å². The number of rotatable bonds is 6. The van der Waals surface area contributed by atoms with Crippen LogP contribution in [0.25, 0.3) is 0 Å². The van der Waals surface area contributed by atoms with Crippen LogP contribution in [0.1, 0.15) is 12.8 Å². The Morgan fingerprint density at radius 1 is 1.50 bits per heavy atom. The molecule has 0 aromatic heterocycles. The van der Waals surface area contributed by atoms with E-state index >= 15 is 0 Å². The highest BCUT2D eigenvalue weighted by Gasteiger charge is 1.86. The van der Waals surface area contributed by atoms with Crippen molar-refractivity contribution in [1.29, 1.82) is 0 Å². The lowest BCUT2D eigenvalue weighted by atomic mass is 10.4. The van der Waals surface area contributed by atoms with Crippen LogP contribution in [0.15, 0.2) is 0 Å². The smallest absolute Gasteiger partial charge is 0.00939 e. The van der Waals surface area contributed by atoms with Crippen LogP contribution >= 0.6 is 11.8 Å². The Labute approximate surface area is 68.0 Å². The van der Waals surface area contributed by atoms with Gasteiger partial charge in [0.1, 0.15) is 0 Å². The summed E-state index contributed by atoms with van der Waals surface area (Å²) in [6.45, 7) is 1.10. The molecule has 2 heteroatoms. The molecule has 1 N–H and O–H groups in total. The Morgan fingerprint density at radius 3 is 2.90 bits per heavy atom. The molecule has 0 aliphatic heterocycles. The molecule has 0 radical (unpaired) electrons. The fourth-order valence-corrected chi connectivity index (χ4v) is 1.45. The third-order valence-corrected chi connectivity index (χ3v) is 2.18. The lowest BCUT2D eigenvalue weighted by molar-refractivity contribution is 0.870. The summed E-state index contributed by atoms with van der Waals surface area (Å²) in [5.74, 6) is 5.03. The fourth-order valence-electron chi connectivity index (χ4n) is 0.553. The van der Waals surface area contributed by atoms with Crippen LogP contribution < -0.4 is 5.32 Å². The number of thioether (sulfide) groups is 1. The van der Waals surface area contributed by atoms with E-state index in [-0.39, 0.29) is 0 Å². The molecular formula is C8H15NS. The van der Waals surface area contributed by atoms with Gasteiger partial charge in [0.05, 0.1) is 0 Å². The van der Waals surface area contributed by atoms with E-state index in [1.807, 2.05) is 18.8 Å². The summed E-state index contributed by atoms with van der Waals surface area (Å²) in [4.78, 5) is 0. The molecule has 10 heavy (non-hydrogen) atoms. The topological polar surface area (TPSA) is 12.0 Å². The first-order chi connectivity index (χ1) is 4.91. The molecule has 0 unspecified atom stereocenters. The van der Waals surface area contributed by atoms with Crippen molar-refractivity contribution in [3.63, 3.8) is 0 Å². The lowest BCUT2D eigenvalue weighted by Crippen LogP contribution is -2.09. The van der Waals surface area contributed by atoms with Crippen molar-refractivity contribution in [2.45, 2.75) is 12.8 Å². The van der Waals surface area contributed by atoms with E-state index in [1.165, 1.54) is 11.5 Å². The van der Waals surface area contributed by atoms with Gasteiger partial charge in [0.2, 0.25) is 0 Å². The van der Waals surface area contributed by atoms with Crippen LogP contribution in [0, 0.1) is 12.3 Å². The summed E-state index contributed by atoms with van der Waals surface area (Å²) in [7, 11) is 1.97. The van der Waals surface area contributed by atoms with Gasteiger partial charge in [0, 0.05) is 18.7 Å². The largest absolute Gasteiger partial charge is 0.319 e. The predicted octanol–water partition coefficient (Wildman–Crippen LogP) is 1.35. The molecule has 0 spiro atoms. The van der Waals surface area contributed by atoms with Crippen LogP contribution in [-0.2, 0) is 0 Å². The van der Waals surface area contributed by atoms with Crippen LogP contribution in [0.5, 0.6) is 0 Å². The average molecular weight is 157 g/mol. The summed E-state index contributed by atoms with van der Waals surface area (Å²) in [5, 5.41) is 3.10. The van der Waals surface area contributed by atoms with Gasteiger partial charge in [-0.3, -0.25) is 0 Å². The monoisotopic (exact) mass is 157 g/mol. The van der Waals surface area contributed by atoms with Crippen LogP contribution in [0.4, 0.5) is 0 Å². The minimum absolute atomic E-state index is 0.923. The van der Waals surface area contributed by atoms with Gasteiger partial charge >= 0.3 is 0 Å². The third-order valence-electron chi connectivity index (χ3n) is 1.11. The molecular weight excluding hydrogens is 142 g/mol. The molecule has 0 aliphatic carbocycles. The minimum atomic E-state index is 0.923. The van der Waals surface area contributed by atoms with Crippen molar-refractivity contribution >= 4 is 11.8 Å². The van der Waals surface area contributed by atoms with Crippen molar-refractivity contribution in [3.05, 3.63) is 0 Å². The summed E-state index contributed by atoms with van der Waals surface area (Å²) < 4.78 is 0. The highest BCUT2D eigenvalue weighted by Crippen LogP contribution is 2.02. The Kier molecular flexibility index (Phi) is 8.75. The van der Waals surface area contributed by atoms with Crippen molar-refractivity contribution in [3.8, 4) is 12.3 Å². The second kappa shape index (κ2) is 8.87. The van der Waals surface area contributed by atoms with E-state index in [2.05, 4.69) is 11.2 Å². The first-order valence-electron chi connectivity index (χ1n) is 3.57. The van der Waals surface area contributed by atoms with E-state index in [0.29, 0.717) is 0 Å². The molecule has 1 nitrogen and oxygen atoms in total. The lowest BCUT2D eigenvalue weighted by Gasteiger charge is -1.97. The molecule has 0 saturated carbocycles.